The molecule has 1 N–H and O–H groups in total. The number of thiophene rings is 1. The number of aryl methyl sites for hydroxylation is 1. The maximum Gasteiger partial charge on any atom is 0.303 e. The van der Waals surface area contributed by atoms with Crippen molar-refractivity contribution in [3.05, 3.63) is 52.6 Å². The number of rotatable bonds is 6. The molecule has 1 aromatic carbocycles. The largest absolute Gasteiger partial charge is 0.481 e. The lowest BCUT2D eigenvalue weighted by molar-refractivity contribution is -0.137. The fourth-order valence-electron chi connectivity index (χ4n) is 2.69. The van der Waals surface area contributed by atoms with E-state index in [1.54, 1.807) is 4.57 Å². The van der Waals surface area contributed by atoms with Gasteiger partial charge < -0.3 is 5.11 Å². The molecule has 0 spiro atoms. The lowest BCUT2D eigenvalue weighted by Gasteiger charge is -2.10. The van der Waals surface area contributed by atoms with E-state index in [1.807, 2.05) is 43.3 Å². The number of hydrogen-bond acceptors (Lipinski definition) is 4. The SMILES string of the molecule is CCc1nc2sc(-c3ccccc3)cc2c(=O)n1CCCC(=O)O. The number of nitrogens with zero attached hydrogens (tertiary/aromatic N) is 2. The molecule has 124 valence electrons. The Kier molecular flexibility index (Phi) is 4.76. The molecule has 0 aliphatic carbocycles. The molecule has 0 bridgehead atoms. The second-order valence-electron chi connectivity index (χ2n) is 5.53. The summed E-state index contributed by atoms with van der Waals surface area (Å²) in [5, 5.41) is 9.39. The van der Waals surface area contributed by atoms with Gasteiger partial charge in [-0.05, 0) is 18.1 Å². The first-order valence-electron chi connectivity index (χ1n) is 7.90. The molecule has 3 rings (SSSR count). The minimum absolute atomic E-state index is 0.0481. The van der Waals surface area contributed by atoms with E-state index in [0.29, 0.717) is 30.6 Å². The van der Waals surface area contributed by atoms with Gasteiger partial charge in [0.15, 0.2) is 0 Å². The molecule has 0 saturated carbocycles. The van der Waals surface area contributed by atoms with Gasteiger partial charge >= 0.3 is 5.97 Å². The molecule has 5 nitrogen and oxygen atoms in total. The van der Waals surface area contributed by atoms with Crippen molar-refractivity contribution in [3.8, 4) is 10.4 Å². The molecule has 0 amide bonds. The predicted octanol–water partition coefficient (Wildman–Crippen LogP) is 3.55. The van der Waals surface area contributed by atoms with Crippen LogP contribution in [-0.2, 0) is 17.8 Å². The van der Waals surface area contributed by atoms with Crippen LogP contribution in [0.2, 0.25) is 0 Å². The zero-order chi connectivity index (χ0) is 17.1. The van der Waals surface area contributed by atoms with Crippen LogP contribution < -0.4 is 5.56 Å². The van der Waals surface area contributed by atoms with Crippen LogP contribution in [0.15, 0.2) is 41.2 Å². The number of carboxylic acids is 1. The quantitative estimate of drug-likeness (QED) is 0.743. The normalized spacial score (nSPS) is 11.0. The van der Waals surface area contributed by atoms with Gasteiger partial charge in [0, 0.05) is 24.3 Å². The molecule has 24 heavy (non-hydrogen) atoms. The van der Waals surface area contributed by atoms with Crippen LogP contribution in [0.25, 0.3) is 20.7 Å². The number of aromatic nitrogens is 2. The van der Waals surface area contributed by atoms with E-state index in [4.69, 9.17) is 5.11 Å². The topological polar surface area (TPSA) is 72.2 Å². The Morgan fingerprint density at radius 2 is 2.04 bits per heavy atom. The Morgan fingerprint density at radius 3 is 2.71 bits per heavy atom. The first-order chi connectivity index (χ1) is 11.6. The van der Waals surface area contributed by atoms with E-state index in [1.165, 1.54) is 11.3 Å². The number of carbonyl (C=O) groups is 1. The molecule has 2 aromatic heterocycles. The first-order valence-corrected chi connectivity index (χ1v) is 8.72. The second-order valence-corrected chi connectivity index (χ2v) is 6.56. The van der Waals surface area contributed by atoms with Gasteiger partial charge in [0.2, 0.25) is 0 Å². The van der Waals surface area contributed by atoms with Gasteiger partial charge in [-0.3, -0.25) is 14.2 Å². The van der Waals surface area contributed by atoms with Crippen LogP contribution in [-0.4, -0.2) is 20.6 Å². The summed E-state index contributed by atoms with van der Waals surface area (Å²) in [6.07, 6.45) is 1.11. The summed E-state index contributed by atoms with van der Waals surface area (Å²) in [5.41, 5.74) is 0.982. The van der Waals surface area contributed by atoms with Gasteiger partial charge in [-0.25, -0.2) is 4.98 Å². The molecule has 0 aliphatic rings. The van der Waals surface area contributed by atoms with Crippen molar-refractivity contribution in [1.29, 1.82) is 0 Å². The molecule has 0 radical (unpaired) electrons. The number of benzene rings is 1. The zero-order valence-electron chi connectivity index (χ0n) is 13.4. The van der Waals surface area contributed by atoms with Gasteiger partial charge in [0.05, 0.1) is 5.39 Å². The molecular formula is C18H18N2O3S. The van der Waals surface area contributed by atoms with Gasteiger partial charge in [0.1, 0.15) is 10.7 Å². The van der Waals surface area contributed by atoms with Crippen molar-refractivity contribution in [3.63, 3.8) is 0 Å². The highest BCUT2D eigenvalue weighted by atomic mass is 32.1. The maximum absolute atomic E-state index is 12.8. The Hall–Kier alpha value is -2.47. The molecule has 0 unspecified atom stereocenters. The van der Waals surface area contributed by atoms with Crippen molar-refractivity contribution in [2.24, 2.45) is 0 Å². The van der Waals surface area contributed by atoms with Gasteiger partial charge in [-0.2, -0.15) is 0 Å². The van der Waals surface area contributed by atoms with Crippen LogP contribution in [0.3, 0.4) is 0 Å². The molecule has 2 heterocycles. The van der Waals surface area contributed by atoms with Gasteiger partial charge in [0.25, 0.3) is 5.56 Å². The van der Waals surface area contributed by atoms with E-state index in [9.17, 15) is 9.59 Å². The van der Waals surface area contributed by atoms with Crippen molar-refractivity contribution in [2.75, 3.05) is 0 Å². The predicted molar refractivity (Wildman–Crippen MR) is 95.6 cm³/mol. The summed E-state index contributed by atoms with van der Waals surface area (Å²) in [6, 6.07) is 11.8. The van der Waals surface area contributed by atoms with Crippen LogP contribution in [0.5, 0.6) is 0 Å². The summed E-state index contributed by atoms with van der Waals surface area (Å²) in [6.45, 7) is 2.33. The Bertz CT molecular complexity index is 929. The first kappa shape index (κ1) is 16.4. The van der Waals surface area contributed by atoms with Gasteiger partial charge in [-0.1, -0.05) is 37.3 Å². The standard InChI is InChI=1S/C18H18N2O3S/c1-2-15-19-17-13(18(23)20(15)10-6-9-16(21)22)11-14(24-17)12-7-4-3-5-8-12/h3-5,7-8,11H,2,6,9-10H2,1H3,(H,21,22). The maximum atomic E-state index is 12.8. The lowest BCUT2D eigenvalue weighted by atomic mass is 10.2. The Balaban J connectivity index is 2.05. The van der Waals surface area contributed by atoms with Crippen LogP contribution in [0.1, 0.15) is 25.6 Å². The molecule has 0 fully saturated rings. The van der Waals surface area contributed by atoms with Crippen LogP contribution in [0.4, 0.5) is 0 Å². The van der Waals surface area contributed by atoms with Crippen molar-refractivity contribution in [2.45, 2.75) is 32.7 Å². The summed E-state index contributed by atoms with van der Waals surface area (Å²) in [5.74, 6) is -0.142. The number of fused-ring (bicyclic) bond motifs is 1. The van der Waals surface area contributed by atoms with Crippen LogP contribution >= 0.6 is 11.3 Å². The number of aliphatic carboxylic acids is 1. The average molecular weight is 342 g/mol. The minimum Gasteiger partial charge on any atom is -0.481 e. The fourth-order valence-corrected chi connectivity index (χ4v) is 3.74. The van der Waals surface area contributed by atoms with E-state index in [0.717, 1.165) is 15.3 Å². The third-order valence-electron chi connectivity index (χ3n) is 3.88. The minimum atomic E-state index is -0.850. The molecule has 6 heteroatoms. The van der Waals surface area contributed by atoms with E-state index >= 15 is 0 Å². The molecular weight excluding hydrogens is 324 g/mol. The molecule has 0 atom stereocenters. The van der Waals surface area contributed by atoms with Crippen molar-refractivity contribution >= 4 is 27.5 Å². The average Bonchev–Trinajstić information content (AvgIpc) is 3.01. The third kappa shape index (κ3) is 3.23. The highest BCUT2D eigenvalue weighted by molar-refractivity contribution is 7.21. The summed E-state index contributed by atoms with van der Waals surface area (Å²) in [7, 11) is 0. The molecule has 0 aliphatic heterocycles. The lowest BCUT2D eigenvalue weighted by Crippen LogP contribution is -2.25. The Morgan fingerprint density at radius 1 is 1.29 bits per heavy atom. The Labute approximate surface area is 143 Å². The second kappa shape index (κ2) is 6.97. The fraction of sp³-hybridized carbons (Fsp3) is 0.278. The summed E-state index contributed by atoms with van der Waals surface area (Å²) < 4.78 is 1.62. The van der Waals surface area contributed by atoms with E-state index in [-0.39, 0.29) is 12.0 Å². The van der Waals surface area contributed by atoms with Gasteiger partial charge in [-0.15, -0.1) is 11.3 Å². The monoisotopic (exact) mass is 342 g/mol. The smallest absolute Gasteiger partial charge is 0.303 e. The molecule has 3 aromatic rings. The zero-order valence-corrected chi connectivity index (χ0v) is 14.2. The van der Waals surface area contributed by atoms with E-state index < -0.39 is 5.97 Å². The highest BCUT2D eigenvalue weighted by Gasteiger charge is 2.14. The third-order valence-corrected chi connectivity index (χ3v) is 4.96. The van der Waals surface area contributed by atoms with Crippen molar-refractivity contribution < 1.29 is 9.90 Å². The number of hydrogen-bond donors (Lipinski definition) is 1. The summed E-state index contributed by atoms with van der Waals surface area (Å²) >= 11 is 1.51. The number of carboxylic acid groups (broad SMARTS) is 1. The van der Waals surface area contributed by atoms with Crippen LogP contribution in [0, 0.1) is 0 Å². The van der Waals surface area contributed by atoms with E-state index in [2.05, 4.69) is 4.98 Å². The highest BCUT2D eigenvalue weighted by Crippen LogP contribution is 2.31. The van der Waals surface area contributed by atoms with Crippen molar-refractivity contribution in [1.82, 2.24) is 9.55 Å². The molecule has 0 saturated heterocycles. The summed E-state index contributed by atoms with van der Waals surface area (Å²) in [4.78, 5) is 29.9.